The molecule has 3 aliphatic rings. The molecule has 26 heavy (non-hydrogen) atoms. The van der Waals surface area contributed by atoms with Crippen LogP contribution in [0.2, 0.25) is 0 Å². The van der Waals surface area contributed by atoms with Gasteiger partial charge in [0.1, 0.15) is 6.04 Å². The van der Waals surface area contributed by atoms with Crippen LogP contribution in [0.15, 0.2) is 22.8 Å². The standard InChI is InChI=1S/C20H29N3O3/c21-15-11-13-5-3-6-14(12-15)18(13)22-19(24)16-7-1-2-9-23(16)20(25)17-8-4-10-26-17/h4,8,10,13-16,18H,1-3,5-7,9,11-12,21H2,(H,22,24). The van der Waals surface area contributed by atoms with Crippen LogP contribution in [0.3, 0.4) is 0 Å². The summed E-state index contributed by atoms with van der Waals surface area (Å²) in [4.78, 5) is 27.5. The van der Waals surface area contributed by atoms with Crippen LogP contribution in [0.5, 0.6) is 0 Å². The predicted molar refractivity (Wildman–Crippen MR) is 97.4 cm³/mol. The van der Waals surface area contributed by atoms with Crippen LogP contribution >= 0.6 is 0 Å². The Kier molecular flexibility index (Phi) is 5.02. The lowest BCUT2D eigenvalue weighted by Crippen LogP contribution is -2.59. The van der Waals surface area contributed by atoms with Crippen LogP contribution in [0, 0.1) is 11.8 Å². The number of furan rings is 1. The zero-order chi connectivity index (χ0) is 18.1. The maximum atomic E-state index is 13.1. The number of nitrogens with two attached hydrogens (primary N) is 1. The van der Waals surface area contributed by atoms with Gasteiger partial charge in [-0.05, 0) is 68.9 Å². The lowest BCUT2D eigenvalue weighted by Gasteiger charge is -2.46. The molecule has 1 aromatic rings. The molecule has 1 aliphatic heterocycles. The normalized spacial score (nSPS) is 34.3. The van der Waals surface area contributed by atoms with E-state index in [4.69, 9.17) is 10.2 Å². The summed E-state index contributed by atoms with van der Waals surface area (Å²) in [5.41, 5.74) is 6.20. The first-order valence-corrected chi connectivity index (χ1v) is 10.0. The first-order valence-electron chi connectivity index (χ1n) is 10.0. The van der Waals surface area contributed by atoms with Gasteiger partial charge in [-0.1, -0.05) is 6.42 Å². The molecular formula is C20H29N3O3. The average molecular weight is 359 g/mol. The van der Waals surface area contributed by atoms with Gasteiger partial charge in [-0.25, -0.2) is 0 Å². The molecule has 3 fully saturated rings. The number of hydrogen-bond acceptors (Lipinski definition) is 4. The smallest absolute Gasteiger partial charge is 0.290 e. The number of amides is 2. The number of fused-ring (bicyclic) bond motifs is 2. The monoisotopic (exact) mass is 359 g/mol. The van der Waals surface area contributed by atoms with Crippen LogP contribution in [-0.4, -0.2) is 41.4 Å². The summed E-state index contributed by atoms with van der Waals surface area (Å²) < 4.78 is 5.26. The molecule has 6 heteroatoms. The van der Waals surface area contributed by atoms with E-state index in [-0.39, 0.29) is 23.9 Å². The summed E-state index contributed by atoms with van der Waals surface area (Å²) in [6.45, 7) is 0.611. The second kappa shape index (κ2) is 7.43. The summed E-state index contributed by atoms with van der Waals surface area (Å²) in [6.07, 6.45) is 9.66. The second-order valence-electron chi connectivity index (χ2n) is 8.20. The van der Waals surface area contributed by atoms with Crippen molar-refractivity contribution in [3.8, 4) is 0 Å². The molecule has 1 aromatic heterocycles. The Morgan fingerprint density at radius 1 is 1.12 bits per heavy atom. The highest BCUT2D eigenvalue weighted by Crippen LogP contribution is 2.39. The van der Waals surface area contributed by atoms with Gasteiger partial charge in [-0.15, -0.1) is 0 Å². The summed E-state index contributed by atoms with van der Waals surface area (Å²) >= 11 is 0. The largest absolute Gasteiger partial charge is 0.459 e. The molecule has 3 N–H and O–H groups in total. The third kappa shape index (κ3) is 3.39. The summed E-state index contributed by atoms with van der Waals surface area (Å²) in [5, 5.41) is 3.32. The van der Waals surface area contributed by atoms with Crippen LogP contribution < -0.4 is 11.1 Å². The van der Waals surface area contributed by atoms with Gasteiger partial charge in [0, 0.05) is 18.6 Å². The van der Waals surface area contributed by atoms with E-state index in [0.717, 1.165) is 44.9 Å². The zero-order valence-electron chi connectivity index (χ0n) is 15.2. The molecule has 2 bridgehead atoms. The van der Waals surface area contributed by atoms with Crippen LogP contribution in [-0.2, 0) is 4.79 Å². The highest BCUT2D eigenvalue weighted by molar-refractivity contribution is 5.95. The summed E-state index contributed by atoms with van der Waals surface area (Å²) in [6, 6.07) is 3.47. The van der Waals surface area contributed by atoms with Crippen molar-refractivity contribution in [2.45, 2.75) is 69.5 Å². The van der Waals surface area contributed by atoms with Gasteiger partial charge < -0.3 is 20.4 Å². The van der Waals surface area contributed by atoms with E-state index < -0.39 is 6.04 Å². The van der Waals surface area contributed by atoms with E-state index in [1.165, 1.54) is 12.7 Å². The fourth-order valence-corrected chi connectivity index (χ4v) is 5.27. The van der Waals surface area contributed by atoms with Crippen LogP contribution in [0.4, 0.5) is 0 Å². The fourth-order valence-electron chi connectivity index (χ4n) is 5.27. The van der Waals surface area contributed by atoms with Gasteiger partial charge in [0.05, 0.1) is 6.26 Å². The van der Waals surface area contributed by atoms with E-state index in [1.54, 1.807) is 17.0 Å². The number of nitrogens with zero attached hydrogens (tertiary/aromatic N) is 1. The maximum Gasteiger partial charge on any atom is 0.290 e. The lowest BCUT2D eigenvalue weighted by atomic mass is 9.67. The molecule has 2 amide bonds. The Hall–Kier alpha value is -1.82. The maximum absolute atomic E-state index is 13.1. The van der Waals surface area contributed by atoms with Crippen molar-refractivity contribution in [1.82, 2.24) is 10.2 Å². The number of carbonyl (C=O) groups excluding carboxylic acids is 2. The quantitative estimate of drug-likeness (QED) is 0.867. The van der Waals surface area contributed by atoms with E-state index in [9.17, 15) is 9.59 Å². The number of hydrogen-bond donors (Lipinski definition) is 2. The van der Waals surface area contributed by atoms with Crippen molar-refractivity contribution in [3.63, 3.8) is 0 Å². The molecule has 0 radical (unpaired) electrons. The third-order valence-corrected chi connectivity index (χ3v) is 6.48. The third-order valence-electron chi connectivity index (χ3n) is 6.48. The molecule has 1 saturated heterocycles. The molecule has 2 heterocycles. The molecular weight excluding hydrogens is 330 g/mol. The molecule has 0 spiro atoms. The minimum absolute atomic E-state index is 0.00183. The van der Waals surface area contributed by atoms with Gasteiger partial charge in [-0.2, -0.15) is 0 Å². The Morgan fingerprint density at radius 3 is 2.58 bits per heavy atom. The van der Waals surface area contributed by atoms with Crippen molar-refractivity contribution < 1.29 is 14.0 Å². The highest BCUT2D eigenvalue weighted by Gasteiger charge is 2.42. The Morgan fingerprint density at radius 2 is 1.88 bits per heavy atom. The van der Waals surface area contributed by atoms with E-state index >= 15 is 0 Å². The number of piperidine rings is 1. The van der Waals surface area contributed by atoms with Gasteiger partial charge >= 0.3 is 0 Å². The summed E-state index contributed by atoms with van der Waals surface area (Å²) in [7, 11) is 0. The number of nitrogens with one attached hydrogen (secondary N) is 1. The number of carbonyl (C=O) groups is 2. The van der Waals surface area contributed by atoms with Gasteiger partial charge in [0.15, 0.2) is 5.76 Å². The first kappa shape index (κ1) is 17.6. The Balaban J connectivity index is 1.46. The van der Waals surface area contributed by atoms with Crippen molar-refractivity contribution in [3.05, 3.63) is 24.2 Å². The number of likely N-dealkylation sites (tertiary alicyclic amines) is 1. The van der Waals surface area contributed by atoms with Gasteiger partial charge in [0.25, 0.3) is 5.91 Å². The van der Waals surface area contributed by atoms with Crippen LogP contribution in [0.1, 0.15) is 61.9 Å². The van der Waals surface area contributed by atoms with Crippen molar-refractivity contribution >= 4 is 11.8 Å². The molecule has 142 valence electrons. The van der Waals surface area contributed by atoms with Crippen molar-refractivity contribution in [1.29, 1.82) is 0 Å². The highest BCUT2D eigenvalue weighted by atomic mass is 16.3. The van der Waals surface area contributed by atoms with E-state index in [1.807, 2.05) is 0 Å². The fraction of sp³-hybridized carbons (Fsp3) is 0.700. The number of rotatable bonds is 3. The molecule has 3 atom stereocenters. The van der Waals surface area contributed by atoms with Crippen LogP contribution in [0.25, 0.3) is 0 Å². The zero-order valence-corrected chi connectivity index (χ0v) is 15.2. The molecule has 2 saturated carbocycles. The van der Waals surface area contributed by atoms with Gasteiger partial charge in [-0.3, -0.25) is 9.59 Å². The Labute approximate surface area is 154 Å². The lowest BCUT2D eigenvalue weighted by molar-refractivity contribution is -0.129. The second-order valence-corrected chi connectivity index (χ2v) is 8.20. The van der Waals surface area contributed by atoms with E-state index in [2.05, 4.69) is 5.32 Å². The predicted octanol–water partition coefficient (Wildman–Crippen LogP) is 2.30. The molecule has 4 rings (SSSR count). The molecule has 6 nitrogen and oxygen atoms in total. The Bertz CT molecular complexity index is 631. The van der Waals surface area contributed by atoms with Crippen molar-refractivity contribution in [2.24, 2.45) is 17.6 Å². The molecule has 2 aliphatic carbocycles. The summed E-state index contributed by atoms with van der Waals surface area (Å²) in [5.74, 6) is 1.10. The molecule has 0 aromatic carbocycles. The first-order chi connectivity index (χ1) is 12.6. The topological polar surface area (TPSA) is 88.6 Å². The SMILES string of the molecule is NC1CC2CCCC(C1)C2NC(=O)C1CCCCN1C(=O)c1ccco1. The minimum atomic E-state index is -0.391. The minimum Gasteiger partial charge on any atom is -0.459 e. The van der Waals surface area contributed by atoms with Gasteiger partial charge in [0.2, 0.25) is 5.91 Å². The van der Waals surface area contributed by atoms with E-state index in [0.29, 0.717) is 24.1 Å². The van der Waals surface area contributed by atoms with Crippen molar-refractivity contribution in [2.75, 3.05) is 6.54 Å². The molecule has 3 unspecified atom stereocenters. The average Bonchev–Trinajstić information content (AvgIpc) is 3.16.